The molecule has 3 aromatic carbocycles. The largest absolute Gasteiger partial charge is 0.397 e. The Morgan fingerprint density at radius 2 is 1.45 bits per heavy atom. The van der Waals surface area contributed by atoms with Gasteiger partial charge in [0.25, 0.3) is 5.91 Å². The van der Waals surface area contributed by atoms with Gasteiger partial charge in [0.15, 0.2) is 0 Å². The lowest BCUT2D eigenvalue weighted by Gasteiger charge is -2.11. The van der Waals surface area contributed by atoms with E-state index in [4.69, 9.17) is 5.73 Å². The quantitative estimate of drug-likeness (QED) is 0.279. The normalized spacial score (nSPS) is 11.2. The smallest absolute Gasteiger partial charge is 0.283 e. The van der Waals surface area contributed by atoms with Crippen molar-refractivity contribution in [3.63, 3.8) is 0 Å². The first kappa shape index (κ1) is 20.5. The number of anilines is 1. The van der Waals surface area contributed by atoms with Crippen molar-refractivity contribution in [2.45, 2.75) is 0 Å². The van der Waals surface area contributed by atoms with Gasteiger partial charge in [-0.15, -0.1) is 21.5 Å². The predicted molar refractivity (Wildman–Crippen MR) is 134 cm³/mol. The average Bonchev–Trinajstić information content (AvgIpc) is 3.21. The summed E-state index contributed by atoms with van der Waals surface area (Å²) in [6.45, 7) is 0. The van der Waals surface area contributed by atoms with Crippen molar-refractivity contribution in [2.75, 3.05) is 5.73 Å². The van der Waals surface area contributed by atoms with Crippen molar-refractivity contribution in [2.24, 2.45) is 5.10 Å². The highest BCUT2D eigenvalue weighted by Gasteiger charge is 2.23. The molecule has 2 heterocycles. The van der Waals surface area contributed by atoms with Crippen LogP contribution in [0.3, 0.4) is 0 Å². The van der Waals surface area contributed by atoms with Crippen LogP contribution in [0.15, 0.2) is 96.1 Å². The maximum absolute atomic E-state index is 12.9. The Bertz CT molecular complexity index is 1450. The first-order valence-corrected chi connectivity index (χ1v) is 11.1. The fourth-order valence-corrected chi connectivity index (χ4v) is 4.55. The maximum atomic E-state index is 12.9. The zero-order valence-electron chi connectivity index (χ0n) is 17.5. The van der Waals surface area contributed by atoms with Crippen LogP contribution < -0.4 is 11.2 Å². The van der Waals surface area contributed by atoms with Gasteiger partial charge in [0, 0.05) is 16.5 Å². The zero-order chi connectivity index (χ0) is 22.6. The Morgan fingerprint density at radius 3 is 2.12 bits per heavy atom. The molecule has 6 nitrogen and oxygen atoms in total. The first-order chi connectivity index (χ1) is 16.2. The second-order valence-electron chi connectivity index (χ2n) is 7.29. The molecule has 0 saturated heterocycles. The van der Waals surface area contributed by atoms with Crippen LogP contribution in [0.2, 0.25) is 0 Å². The number of nitrogens with zero attached hydrogens (tertiary/aromatic N) is 3. The van der Waals surface area contributed by atoms with E-state index in [1.165, 1.54) is 11.3 Å². The lowest BCUT2D eigenvalue weighted by Crippen LogP contribution is -2.17. The van der Waals surface area contributed by atoms with E-state index < -0.39 is 0 Å². The molecule has 7 heteroatoms. The van der Waals surface area contributed by atoms with Crippen molar-refractivity contribution in [3.8, 4) is 22.4 Å². The van der Waals surface area contributed by atoms with Gasteiger partial charge in [-0.1, -0.05) is 91.0 Å². The minimum atomic E-state index is -0.386. The molecule has 33 heavy (non-hydrogen) atoms. The molecule has 2 aromatic heterocycles. The van der Waals surface area contributed by atoms with E-state index in [1.807, 2.05) is 91.0 Å². The van der Waals surface area contributed by atoms with E-state index >= 15 is 0 Å². The Balaban J connectivity index is 1.60. The van der Waals surface area contributed by atoms with Crippen molar-refractivity contribution < 1.29 is 4.79 Å². The number of thiophene rings is 1. The molecule has 0 radical (unpaired) electrons. The van der Waals surface area contributed by atoms with Crippen molar-refractivity contribution in [1.29, 1.82) is 0 Å². The number of carbonyl (C=O) groups is 1. The van der Waals surface area contributed by atoms with E-state index in [2.05, 4.69) is 20.7 Å². The number of benzene rings is 3. The van der Waals surface area contributed by atoms with Crippen molar-refractivity contribution in [3.05, 3.63) is 101 Å². The molecule has 160 valence electrons. The zero-order valence-corrected chi connectivity index (χ0v) is 18.3. The molecule has 5 aromatic rings. The summed E-state index contributed by atoms with van der Waals surface area (Å²) in [5, 5.41) is 13.7. The van der Waals surface area contributed by atoms with E-state index in [1.54, 1.807) is 6.21 Å². The molecule has 1 amide bonds. The molecule has 0 aliphatic carbocycles. The third-order valence-corrected chi connectivity index (χ3v) is 6.24. The highest BCUT2D eigenvalue weighted by atomic mass is 32.1. The number of carbonyl (C=O) groups excluding carboxylic acids is 1. The molecule has 3 N–H and O–H groups in total. The van der Waals surface area contributed by atoms with Crippen molar-refractivity contribution in [1.82, 2.24) is 15.6 Å². The monoisotopic (exact) mass is 449 g/mol. The number of hydrogen-bond donors (Lipinski definition) is 2. The highest BCUT2D eigenvalue weighted by molar-refractivity contribution is 7.21. The van der Waals surface area contributed by atoms with Crippen LogP contribution in [0.1, 0.15) is 15.2 Å². The second kappa shape index (κ2) is 9.02. The Hall–Kier alpha value is -4.36. The number of fused-ring (bicyclic) bond motifs is 1. The molecule has 0 bridgehead atoms. The summed E-state index contributed by atoms with van der Waals surface area (Å²) in [6, 6.07) is 29.2. The van der Waals surface area contributed by atoms with E-state index in [0.717, 1.165) is 27.6 Å². The topological polar surface area (TPSA) is 93.3 Å². The third-order valence-electron chi connectivity index (χ3n) is 5.15. The van der Waals surface area contributed by atoms with Crippen LogP contribution in [0.25, 0.3) is 32.6 Å². The summed E-state index contributed by atoms with van der Waals surface area (Å²) in [5.74, 6) is -0.386. The van der Waals surface area contributed by atoms with Crippen LogP contribution in [0.4, 0.5) is 5.69 Å². The second-order valence-corrected chi connectivity index (χ2v) is 8.29. The Kier molecular flexibility index (Phi) is 5.61. The fraction of sp³-hybridized carbons (Fsp3) is 0. The predicted octanol–water partition coefficient (Wildman–Crippen LogP) is 5.37. The minimum Gasteiger partial charge on any atom is -0.397 e. The molecule has 5 rings (SSSR count). The fourth-order valence-electron chi connectivity index (χ4n) is 3.62. The Morgan fingerprint density at radius 1 is 0.848 bits per heavy atom. The summed E-state index contributed by atoms with van der Waals surface area (Å²) in [6.07, 6.45) is 1.59. The molecular weight excluding hydrogens is 430 g/mol. The molecule has 0 spiro atoms. The van der Waals surface area contributed by atoms with E-state index in [0.29, 0.717) is 21.1 Å². The number of hydrogen-bond acceptors (Lipinski definition) is 6. The van der Waals surface area contributed by atoms with Crippen molar-refractivity contribution >= 4 is 39.4 Å². The van der Waals surface area contributed by atoms with Gasteiger partial charge in [-0.3, -0.25) is 4.79 Å². The molecule has 0 saturated carbocycles. The molecule has 0 fully saturated rings. The average molecular weight is 450 g/mol. The number of nitrogens with two attached hydrogens (primary N) is 1. The Labute approximate surface area is 194 Å². The van der Waals surface area contributed by atoms with Gasteiger partial charge in [-0.25, -0.2) is 5.43 Å². The lowest BCUT2D eigenvalue weighted by atomic mass is 9.96. The summed E-state index contributed by atoms with van der Waals surface area (Å²) >= 11 is 1.21. The number of nitrogen functional groups attached to an aromatic ring is 1. The highest BCUT2D eigenvalue weighted by Crippen LogP contribution is 2.42. The first-order valence-electron chi connectivity index (χ1n) is 10.3. The standard InChI is InChI=1S/C26H19N5OS/c27-22-21-20(18-12-6-2-7-13-18)23(19-14-8-3-9-15-19)29-31-26(21)33-24(22)25(32)30-28-16-17-10-4-1-5-11-17/h1-16H,27H2,(H,30,32)/b28-16+. The molecule has 0 atom stereocenters. The van der Waals surface area contributed by atoms with Crippen LogP contribution in [0.5, 0.6) is 0 Å². The van der Waals surface area contributed by atoms with E-state index in [9.17, 15) is 4.79 Å². The van der Waals surface area contributed by atoms with E-state index in [-0.39, 0.29) is 5.91 Å². The number of rotatable bonds is 5. The van der Waals surface area contributed by atoms with Crippen LogP contribution in [-0.4, -0.2) is 22.3 Å². The minimum absolute atomic E-state index is 0.354. The van der Waals surface area contributed by atoms with Gasteiger partial charge in [0.2, 0.25) is 0 Å². The summed E-state index contributed by atoms with van der Waals surface area (Å²) in [5.41, 5.74) is 13.8. The lowest BCUT2D eigenvalue weighted by molar-refractivity contribution is 0.0960. The van der Waals surface area contributed by atoms with Gasteiger partial charge in [-0.05, 0) is 11.1 Å². The number of aromatic nitrogens is 2. The van der Waals surface area contributed by atoms with Crippen LogP contribution >= 0.6 is 11.3 Å². The van der Waals surface area contributed by atoms with Gasteiger partial charge in [0.1, 0.15) is 15.4 Å². The van der Waals surface area contributed by atoms with Gasteiger partial charge in [0.05, 0.1) is 11.9 Å². The summed E-state index contributed by atoms with van der Waals surface area (Å²) in [7, 11) is 0. The summed E-state index contributed by atoms with van der Waals surface area (Å²) in [4.78, 5) is 13.8. The van der Waals surface area contributed by atoms with Gasteiger partial charge < -0.3 is 5.73 Å². The number of nitrogens with one attached hydrogen (secondary N) is 1. The molecular formula is C26H19N5OS. The van der Waals surface area contributed by atoms with Crippen LogP contribution in [-0.2, 0) is 0 Å². The SMILES string of the molecule is Nc1c(C(=O)N/N=C/c2ccccc2)sc2nnc(-c3ccccc3)c(-c3ccccc3)c12. The summed E-state index contributed by atoms with van der Waals surface area (Å²) < 4.78 is 0. The van der Waals surface area contributed by atoms with Gasteiger partial charge >= 0.3 is 0 Å². The molecule has 0 aliphatic rings. The number of hydrazone groups is 1. The maximum Gasteiger partial charge on any atom is 0.283 e. The van der Waals surface area contributed by atoms with Crippen LogP contribution in [0, 0.1) is 0 Å². The number of amides is 1. The molecule has 0 unspecified atom stereocenters. The molecule has 0 aliphatic heterocycles. The third kappa shape index (κ3) is 4.09. The van der Waals surface area contributed by atoms with Gasteiger partial charge in [-0.2, -0.15) is 5.10 Å².